The second kappa shape index (κ2) is 9.84. The average Bonchev–Trinajstić information content (AvgIpc) is 2.87. The number of hydroxylamine groups is 1. The van der Waals surface area contributed by atoms with Crippen LogP contribution in [0.5, 0.6) is 5.75 Å². The number of hydrogen-bond donors (Lipinski definition) is 2. The van der Waals surface area contributed by atoms with Gasteiger partial charge in [0, 0.05) is 24.2 Å². The van der Waals surface area contributed by atoms with Crippen LogP contribution >= 0.6 is 0 Å². The number of carbonyl (C=O) groups excluding carboxylic acids is 2. The lowest BCUT2D eigenvalue weighted by molar-refractivity contribution is -0.125. The van der Waals surface area contributed by atoms with Gasteiger partial charge in [0.05, 0.1) is 7.11 Å². The Kier molecular flexibility index (Phi) is 6.70. The molecule has 0 fully saturated rings. The predicted molar refractivity (Wildman–Crippen MR) is 122 cm³/mol. The van der Waals surface area contributed by atoms with E-state index in [2.05, 4.69) is 0 Å². The molecule has 0 saturated carbocycles. The van der Waals surface area contributed by atoms with Gasteiger partial charge < -0.3 is 9.64 Å². The number of benzene rings is 3. The minimum atomic E-state index is -1.00. The van der Waals surface area contributed by atoms with E-state index in [-0.39, 0.29) is 18.0 Å². The van der Waals surface area contributed by atoms with E-state index in [4.69, 9.17) is 9.94 Å². The summed E-state index contributed by atoms with van der Waals surface area (Å²) in [6, 6.07) is 15.4. The first-order valence-electron chi connectivity index (χ1n) is 10.6. The molecule has 0 spiro atoms. The molecule has 8 heteroatoms. The summed E-state index contributed by atoms with van der Waals surface area (Å²) in [5, 5.41) is 8.91. The lowest BCUT2D eigenvalue weighted by Crippen LogP contribution is -2.36. The Labute approximate surface area is 195 Å². The fraction of sp³-hybridized carbons (Fsp3) is 0.154. The fourth-order valence-electron chi connectivity index (χ4n) is 3.91. The van der Waals surface area contributed by atoms with Crippen LogP contribution in [0.4, 0.5) is 8.78 Å². The third-order valence-electron chi connectivity index (χ3n) is 5.76. The van der Waals surface area contributed by atoms with Crippen molar-refractivity contribution < 1.29 is 28.3 Å². The summed E-state index contributed by atoms with van der Waals surface area (Å²) in [4.78, 5) is 27.1. The highest BCUT2D eigenvalue weighted by molar-refractivity contribution is 6.24. The average molecular weight is 464 g/mol. The third-order valence-corrected chi connectivity index (χ3v) is 5.76. The summed E-state index contributed by atoms with van der Waals surface area (Å²) in [5.41, 5.74) is 4.94. The molecule has 0 aliphatic carbocycles. The first-order valence-corrected chi connectivity index (χ1v) is 10.6. The highest BCUT2D eigenvalue weighted by Gasteiger charge is 2.25. The van der Waals surface area contributed by atoms with Crippen molar-refractivity contribution in [2.24, 2.45) is 0 Å². The Hall–Kier alpha value is -4.04. The largest absolute Gasteiger partial charge is 0.497 e. The molecule has 4 rings (SSSR count). The molecule has 1 aliphatic heterocycles. The van der Waals surface area contributed by atoms with Gasteiger partial charge in [0.1, 0.15) is 5.75 Å². The number of halogens is 2. The van der Waals surface area contributed by atoms with Crippen LogP contribution in [0.2, 0.25) is 0 Å². The maximum Gasteiger partial charge on any atom is 0.274 e. The van der Waals surface area contributed by atoms with Gasteiger partial charge in [-0.3, -0.25) is 14.8 Å². The Balaban J connectivity index is 1.70. The van der Waals surface area contributed by atoms with E-state index >= 15 is 0 Å². The summed E-state index contributed by atoms with van der Waals surface area (Å²) in [6.07, 6.45) is 2.11. The molecule has 2 amide bonds. The van der Waals surface area contributed by atoms with Crippen LogP contribution in [-0.2, 0) is 17.8 Å². The van der Waals surface area contributed by atoms with Gasteiger partial charge in [-0.15, -0.1) is 0 Å². The van der Waals surface area contributed by atoms with E-state index in [9.17, 15) is 18.4 Å². The molecule has 1 aliphatic rings. The van der Waals surface area contributed by atoms with E-state index in [0.29, 0.717) is 35.4 Å². The molecule has 0 saturated heterocycles. The van der Waals surface area contributed by atoms with Crippen LogP contribution in [0.25, 0.3) is 11.6 Å². The molecule has 174 valence electrons. The molecule has 0 radical (unpaired) electrons. The van der Waals surface area contributed by atoms with Crippen molar-refractivity contribution in [3.05, 3.63) is 100 Å². The van der Waals surface area contributed by atoms with Gasteiger partial charge in [0.25, 0.3) is 11.8 Å². The van der Waals surface area contributed by atoms with Gasteiger partial charge in [-0.05, 0) is 71.1 Å². The number of ether oxygens (including phenoxy) is 1. The van der Waals surface area contributed by atoms with Gasteiger partial charge in [-0.1, -0.05) is 24.3 Å². The molecule has 34 heavy (non-hydrogen) atoms. The standard InChI is InChI=1S/C26H22F2N2O4/c1-34-21-7-5-18(6-8-21)22(12-16-2-9-23(27)24(28)13-16)26(32)30-11-10-17-3-4-19(25(31)29-33)14-20(17)15-30/h2-9,12-14,33H,10-11,15H2,1H3,(H,29,31)/b22-12+. The van der Waals surface area contributed by atoms with Crippen molar-refractivity contribution in [1.29, 1.82) is 0 Å². The number of hydrogen-bond acceptors (Lipinski definition) is 4. The number of nitrogens with zero attached hydrogens (tertiary/aromatic N) is 1. The molecule has 3 aromatic rings. The number of carbonyl (C=O) groups is 2. The SMILES string of the molecule is COc1ccc(/C(=C\c2ccc(F)c(F)c2)C(=O)N2CCc3ccc(C(=O)NO)cc3C2)cc1. The smallest absolute Gasteiger partial charge is 0.274 e. The lowest BCUT2D eigenvalue weighted by Gasteiger charge is -2.30. The van der Waals surface area contributed by atoms with Crippen LogP contribution in [0.1, 0.15) is 32.6 Å². The highest BCUT2D eigenvalue weighted by Crippen LogP contribution is 2.28. The Bertz CT molecular complexity index is 1270. The van der Waals surface area contributed by atoms with Crippen LogP contribution in [-0.4, -0.2) is 35.6 Å². The van der Waals surface area contributed by atoms with Gasteiger partial charge in [0.15, 0.2) is 11.6 Å². The van der Waals surface area contributed by atoms with Crippen LogP contribution in [0, 0.1) is 11.6 Å². The van der Waals surface area contributed by atoms with Gasteiger partial charge in [-0.25, -0.2) is 14.3 Å². The number of methoxy groups -OCH3 is 1. The molecular formula is C26H22F2N2O4. The number of rotatable bonds is 5. The molecular weight excluding hydrogens is 442 g/mol. The minimum absolute atomic E-state index is 0.256. The second-order valence-corrected chi connectivity index (χ2v) is 7.86. The maximum absolute atomic E-state index is 13.8. The molecule has 6 nitrogen and oxygen atoms in total. The topological polar surface area (TPSA) is 78.9 Å². The first kappa shape index (κ1) is 23.1. The zero-order valence-electron chi connectivity index (χ0n) is 18.3. The number of nitrogens with one attached hydrogen (secondary N) is 1. The van der Waals surface area contributed by atoms with E-state index in [1.54, 1.807) is 46.8 Å². The van der Waals surface area contributed by atoms with Crippen molar-refractivity contribution in [3.63, 3.8) is 0 Å². The molecule has 0 aromatic heterocycles. The van der Waals surface area contributed by atoms with Crippen molar-refractivity contribution in [3.8, 4) is 5.75 Å². The lowest BCUT2D eigenvalue weighted by atomic mass is 9.95. The second-order valence-electron chi connectivity index (χ2n) is 7.86. The van der Waals surface area contributed by atoms with E-state index in [1.165, 1.54) is 19.3 Å². The minimum Gasteiger partial charge on any atom is -0.497 e. The monoisotopic (exact) mass is 464 g/mol. The number of fused-ring (bicyclic) bond motifs is 1. The summed E-state index contributed by atoms with van der Waals surface area (Å²) < 4.78 is 32.4. The Morgan fingerprint density at radius 1 is 0.971 bits per heavy atom. The molecule has 2 N–H and O–H groups in total. The number of amides is 2. The normalized spacial score (nSPS) is 13.3. The van der Waals surface area contributed by atoms with Crippen molar-refractivity contribution in [2.45, 2.75) is 13.0 Å². The third kappa shape index (κ3) is 4.82. The zero-order valence-corrected chi connectivity index (χ0v) is 18.3. The van der Waals surface area contributed by atoms with Gasteiger partial charge >= 0.3 is 0 Å². The zero-order chi connectivity index (χ0) is 24.2. The predicted octanol–water partition coefficient (Wildman–Crippen LogP) is 4.22. The molecule has 0 atom stereocenters. The van der Waals surface area contributed by atoms with E-state index in [0.717, 1.165) is 23.3 Å². The van der Waals surface area contributed by atoms with E-state index < -0.39 is 17.5 Å². The molecule has 0 unspecified atom stereocenters. The van der Waals surface area contributed by atoms with Crippen molar-refractivity contribution in [2.75, 3.05) is 13.7 Å². The molecule has 0 bridgehead atoms. The quantitative estimate of drug-likeness (QED) is 0.257. The molecule has 1 heterocycles. The first-order chi connectivity index (χ1) is 16.4. The van der Waals surface area contributed by atoms with Gasteiger partial charge in [-0.2, -0.15) is 0 Å². The summed E-state index contributed by atoms with van der Waals surface area (Å²) in [6.45, 7) is 0.703. The summed E-state index contributed by atoms with van der Waals surface area (Å²) >= 11 is 0. The van der Waals surface area contributed by atoms with Crippen molar-refractivity contribution in [1.82, 2.24) is 10.4 Å². The van der Waals surface area contributed by atoms with Crippen LogP contribution in [0.15, 0.2) is 60.7 Å². The van der Waals surface area contributed by atoms with Crippen LogP contribution < -0.4 is 10.2 Å². The van der Waals surface area contributed by atoms with E-state index in [1.807, 2.05) is 6.07 Å². The van der Waals surface area contributed by atoms with Gasteiger partial charge in [0.2, 0.25) is 0 Å². The Morgan fingerprint density at radius 2 is 1.71 bits per heavy atom. The van der Waals surface area contributed by atoms with Crippen molar-refractivity contribution >= 4 is 23.5 Å². The fourth-order valence-corrected chi connectivity index (χ4v) is 3.91. The Morgan fingerprint density at radius 3 is 2.38 bits per heavy atom. The van der Waals surface area contributed by atoms with Crippen LogP contribution in [0.3, 0.4) is 0 Å². The summed E-state index contributed by atoms with van der Waals surface area (Å²) in [7, 11) is 1.54. The molecule has 3 aromatic carbocycles. The summed E-state index contributed by atoms with van der Waals surface area (Å²) in [5.74, 6) is -2.28. The maximum atomic E-state index is 13.8. The highest BCUT2D eigenvalue weighted by atomic mass is 19.2.